The summed E-state index contributed by atoms with van der Waals surface area (Å²) in [5.41, 5.74) is 0. The molecule has 0 unspecified atom stereocenters. The monoisotopic (exact) mass is 298 g/mol. The van der Waals surface area contributed by atoms with E-state index in [2.05, 4.69) is 20.0 Å². The average molecular weight is 299 g/mol. The van der Waals surface area contributed by atoms with E-state index < -0.39 is 10.0 Å². The number of nitrogens with zero attached hydrogens (tertiary/aromatic N) is 2. The zero-order chi connectivity index (χ0) is 13.9. The van der Waals surface area contributed by atoms with Crippen molar-refractivity contribution in [3.8, 4) is 0 Å². The van der Waals surface area contributed by atoms with Gasteiger partial charge in [-0.15, -0.1) is 0 Å². The van der Waals surface area contributed by atoms with Gasteiger partial charge in [0.2, 0.25) is 0 Å². The summed E-state index contributed by atoms with van der Waals surface area (Å²) >= 11 is 5.87. The zero-order valence-electron chi connectivity index (χ0n) is 9.96. The first kappa shape index (κ1) is 13.6. The van der Waals surface area contributed by atoms with Crippen molar-refractivity contribution >= 4 is 33.3 Å². The number of anilines is 2. The Morgan fingerprint density at radius 2 is 1.74 bits per heavy atom. The highest BCUT2D eigenvalue weighted by Crippen LogP contribution is 2.24. The fourth-order valence-electron chi connectivity index (χ4n) is 1.44. The van der Waals surface area contributed by atoms with E-state index in [0.717, 1.165) is 0 Å². The Balaban J connectivity index is 2.41. The molecule has 2 aromatic heterocycles. The zero-order valence-corrected chi connectivity index (χ0v) is 11.5. The third kappa shape index (κ3) is 2.94. The summed E-state index contributed by atoms with van der Waals surface area (Å²) in [6, 6.07) is 6.14. The van der Waals surface area contributed by atoms with Gasteiger partial charge in [0, 0.05) is 19.4 Å². The van der Waals surface area contributed by atoms with Crippen molar-refractivity contribution in [1.82, 2.24) is 9.97 Å². The number of pyridine rings is 2. The lowest BCUT2D eigenvalue weighted by atomic mass is 10.5. The van der Waals surface area contributed by atoms with Gasteiger partial charge in [0.1, 0.15) is 10.7 Å². The van der Waals surface area contributed by atoms with E-state index in [4.69, 9.17) is 11.6 Å². The van der Waals surface area contributed by atoms with Gasteiger partial charge in [-0.25, -0.2) is 18.4 Å². The van der Waals surface area contributed by atoms with Crippen LogP contribution in [0.1, 0.15) is 0 Å². The number of sulfonamides is 1. The first-order valence-electron chi connectivity index (χ1n) is 5.30. The smallest absolute Gasteiger partial charge is 0.266 e. The van der Waals surface area contributed by atoms with E-state index in [0.29, 0.717) is 0 Å². The maximum Gasteiger partial charge on any atom is 0.266 e. The summed E-state index contributed by atoms with van der Waals surface area (Å²) < 4.78 is 26.8. The van der Waals surface area contributed by atoms with Crippen molar-refractivity contribution in [3.63, 3.8) is 0 Å². The van der Waals surface area contributed by atoms with E-state index in [-0.39, 0.29) is 21.6 Å². The van der Waals surface area contributed by atoms with Crippen LogP contribution in [0.15, 0.2) is 41.6 Å². The van der Waals surface area contributed by atoms with E-state index in [1.165, 1.54) is 24.5 Å². The molecule has 6 nitrogen and oxygen atoms in total. The standard InChI is InChI=1S/C11H11ClN4O2S/c1-13-11-9(5-3-7-15-11)19(17,18)16-10-8(12)4-2-6-14-10/h2-7H,1H3,(H,13,15)(H,14,16). The Kier molecular flexibility index (Phi) is 3.87. The second-order valence-electron chi connectivity index (χ2n) is 3.54. The second-order valence-corrected chi connectivity index (χ2v) is 5.60. The molecular weight excluding hydrogens is 288 g/mol. The fraction of sp³-hybridized carbons (Fsp3) is 0.0909. The normalized spacial score (nSPS) is 11.1. The lowest BCUT2D eigenvalue weighted by molar-refractivity contribution is 0.601. The van der Waals surface area contributed by atoms with Crippen LogP contribution in [0.25, 0.3) is 0 Å². The van der Waals surface area contributed by atoms with Crippen LogP contribution >= 0.6 is 11.6 Å². The highest BCUT2D eigenvalue weighted by molar-refractivity contribution is 7.92. The molecule has 2 aromatic rings. The van der Waals surface area contributed by atoms with E-state index in [1.807, 2.05) is 0 Å². The molecule has 100 valence electrons. The number of nitrogens with one attached hydrogen (secondary N) is 2. The molecule has 2 N–H and O–H groups in total. The molecule has 0 fully saturated rings. The van der Waals surface area contributed by atoms with Crippen LogP contribution in [0, 0.1) is 0 Å². The SMILES string of the molecule is CNc1ncccc1S(=O)(=O)Nc1ncccc1Cl. The molecule has 0 saturated carbocycles. The maximum atomic E-state index is 12.2. The van der Waals surface area contributed by atoms with Gasteiger partial charge in [0.15, 0.2) is 5.82 Å². The Morgan fingerprint density at radius 3 is 2.37 bits per heavy atom. The summed E-state index contributed by atoms with van der Waals surface area (Å²) in [5, 5.41) is 2.94. The molecule has 0 aliphatic rings. The molecular formula is C11H11ClN4O2S. The molecule has 0 amide bonds. The maximum absolute atomic E-state index is 12.2. The van der Waals surface area contributed by atoms with Crippen LogP contribution < -0.4 is 10.0 Å². The molecule has 19 heavy (non-hydrogen) atoms. The minimum Gasteiger partial charge on any atom is -0.372 e. The molecule has 0 atom stereocenters. The summed E-state index contributed by atoms with van der Waals surface area (Å²) in [6.45, 7) is 0. The van der Waals surface area contributed by atoms with Crippen molar-refractivity contribution < 1.29 is 8.42 Å². The van der Waals surface area contributed by atoms with E-state index in [1.54, 1.807) is 19.2 Å². The molecule has 0 saturated heterocycles. The summed E-state index contributed by atoms with van der Waals surface area (Å²) in [7, 11) is -2.21. The predicted molar refractivity (Wildman–Crippen MR) is 73.8 cm³/mol. The lowest BCUT2D eigenvalue weighted by Crippen LogP contribution is -2.16. The molecule has 8 heteroatoms. The number of hydrogen-bond donors (Lipinski definition) is 2. The summed E-state index contributed by atoms with van der Waals surface area (Å²) in [5.74, 6) is 0.331. The van der Waals surface area contributed by atoms with Crippen LogP contribution in [-0.2, 0) is 10.0 Å². The average Bonchev–Trinajstić information content (AvgIpc) is 2.41. The van der Waals surface area contributed by atoms with Crippen molar-refractivity contribution in [1.29, 1.82) is 0 Å². The van der Waals surface area contributed by atoms with Crippen molar-refractivity contribution in [2.45, 2.75) is 4.90 Å². The van der Waals surface area contributed by atoms with Gasteiger partial charge in [-0.1, -0.05) is 11.6 Å². The first-order valence-corrected chi connectivity index (χ1v) is 7.17. The topological polar surface area (TPSA) is 84.0 Å². The van der Waals surface area contributed by atoms with Gasteiger partial charge in [-0.2, -0.15) is 0 Å². The molecule has 0 radical (unpaired) electrons. The summed E-state index contributed by atoms with van der Waals surface area (Å²) in [4.78, 5) is 7.85. The Labute approximate surface area is 115 Å². The minimum atomic E-state index is -3.80. The lowest BCUT2D eigenvalue weighted by Gasteiger charge is -2.11. The number of aromatic nitrogens is 2. The molecule has 0 aromatic carbocycles. The fourth-order valence-corrected chi connectivity index (χ4v) is 2.86. The second kappa shape index (κ2) is 5.41. The van der Waals surface area contributed by atoms with Crippen LogP contribution in [-0.4, -0.2) is 25.4 Å². The van der Waals surface area contributed by atoms with Gasteiger partial charge in [-0.05, 0) is 24.3 Å². The Bertz CT molecular complexity index is 691. The Hall–Kier alpha value is -1.86. The third-order valence-electron chi connectivity index (χ3n) is 2.29. The largest absolute Gasteiger partial charge is 0.372 e. The van der Waals surface area contributed by atoms with E-state index >= 15 is 0 Å². The molecule has 2 rings (SSSR count). The van der Waals surface area contributed by atoms with Gasteiger partial charge < -0.3 is 5.32 Å². The summed E-state index contributed by atoms with van der Waals surface area (Å²) in [6.07, 6.45) is 2.95. The van der Waals surface area contributed by atoms with Gasteiger partial charge >= 0.3 is 0 Å². The van der Waals surface area contributed by atoms with Gasteiger partial charge in [0.05, 0.1) is 5.02 Å². The number of rotatable bonds is 4. The van der Waals surface area contributed by atoms with Crippen LogP contribution in [0.5, 0.6) is 0 Å². The third-order valence-corrected chi connectivity index (χ3v) is 3.96. The first-order chi connectivity index (χ1) is 9.04. The predicted octanol–water partition coefficient (Wildman–Crippen LogP) is 1.97. The quantitative estimate of drug-likeness (QED) is 0.901. The number of hydrogen-bond acceptors (Lipinski definition) is 5. The van der Waals surface area contributed by atoms with Crippen molar-refractivity contribution in [2.24, 2.45) is 0 Å². The van der Waals surface area contributed by atoms with Crippen LogP contribution in [0.2, 0.25) is 5.02 Å². The molecule has 0 spiro atoms. The molecule has 0 aliphatic carbocycles. The Morgan fingerprint density at radius 1 is 1.11 bits per heavy atom. The minimum absolute atomic E-state index is 0.0271. The molecule has 0 aliphatic heterocycles. The highest BCUT2D eigenvalue weighted by Gasteiger charge is 2.20. The van der Waals surface area contributed by atoms with Gasteiger partial charge in [0.25, 0.3) is 10.0 Å². The molecule has 2 heterocycles. The van der Waals surface area contributed by atoms with Crippen LogP contribution in [0.3, 0.4) is 0 Å². The van der Waals surface area contributed by atoms with Crippen molar-refractivity contribution in [2.75, 3.05) is 17.1 Å². The molecule has 0 bridgehead atoms. The van der Waals surface area contributed by atoms with Crippen LogP contribution in [0.4, 0.5) is 11.6 Å². The van der Waals surface area contributed by atoms with E-state index in [9.17, 15) is 8.42 Å². The van der Waals surface area contributed by atoms with Crippen molar-refractivity contribution in [3.05, 3.63) is 41.7 Å². The van der Waals surface area contributed by atoms with Gasteiger partial charge in [-0.3, -0.25) is 4.72 Å². The highest BCUT2D eigenvalue weighted by atomic mass is 35.5. The number of halogens is 1.